The van der Waals surface area contributed by atoms with Crippen molar-refractivity contribution in [1.29, 1.82) is 0 Å². The average Bonchev–Trinajstić information content (AvgIpc) is 2.63. The van der Waals surface area contributed by atoms with E-state index >= 15 is 0 Å². The van der Waals surface area contributed by atoms with Crippen LogP contribution >= 0.6 is 27.3 Å². The fraction of sp³-hybridized carbons (Fsp3) is 0.600. The monoisotopic (exact) mass is 341 g/mol. The lowest BCUT2D eigenvalue weighted by Gasteiger charge is -2.24. The van der Waals surface area contributed by atoms with E-state index in [1.165, 1.54) is 11.3 Å². The van der Waals surface area contributed by atoms with Crippen molar-refractivity contribution >= 4 is 37.3 Å². The topological polar surface area (TPSA) is 55.4 Å². The van der Waals surface area contributed by atoms with Gasteiger partial charge in [0.2, 0.25) is 0 Å². The van der Waals surface area contributed by atoms with Gasteiger partial charge in [-0.1, -0.05) is 0 Å². The molecule has 0 fully saturated rings. The molecule has 0 unspecified atom stereocenters. The summed E-state index contributed by atoms with van der Waals surface area (Å²) in [5.74, 6) is 0. The third-order valence-electron chi connectivity index (χ3n) is 2.05. The molecule has 0 radical (unpaired) electrons. The molecule has 0 aliphatic heterocycles. The van der Waals surface area contributed by atoms with Crippen LogP contribution in [0.4, 0.5) is 0 Å². The van der Waals surface area contributed by atoms with E-state index in [0.29, 0.717) is 15.3 Å². The molecule has 0 aliphatic carbocycles. The summed E-state index contributed by atoms with van der Waals surface area (Å²) >= 11 is 4.40. The van der Waals surface area contributed by atoms with E-state index in [1.807, 2.05) is 20.8 Å². The predicted molar refractivity (Wildman–Crippen MR) is 72.9 cm³/mol. The van der Waals surface area contributed by atoms with Gasteiger partial charge in [-0.25, -0.2) is 13.1 Å². The van der Waals surface area contributed by atoms with Crippen molar-refractivity contribution in [2.75, 3.05) is 13.2 Å². The number of halogens is 1. The Balaban J connectivity index is 2.73. The van der Waals surface area contributed by atoms with Crippen LogP contribution in [0.15, 0.2) is 20.1 Å². The summed E-state index contributed by atoms with van der Waals surface area (Å²) in [6, 6.07) is 1.72. The normalized spacial score (nSPS) is 12.9. The van der Waals surface area contributed by atoms with Crippen molar-refractivity contribution in [3.8, 4) is 0 Å². The maximum atomic E-state index is 12.0. The van der Waals surface area contributed by atoms with Crippen molar-refractivity contribution in [3.05, 3.63) is 15.9 Å². The molecule has 0 atom stereocenters. The van der Waals surface area contributed by atoms with Gasteiger partial charge in [0, 0.05) is 17.6 Å². The van der Waals surface area contributed by atoms with Crippen molar-refractivity contribution in [2.24, 2.45) is 0 Å². The Morgan fingerprint density at radius 2 is 2.18 bits per heavy atom. The second-order valence-electron chi connectivity index (χ2n) is 4.07. The first-order chi connectivity index (χ1) is 7.78. The number of rotatable bonds is 6. The molecule has 0 saturated carbocycles. The molecule has 1 heterocycles. The molecule has 1 N–H and O–H groups in total. The van der Waals surface area contributed by atoms with Gasteiger partial charge in [-0.05, 0) is 48.1 Å². The van der Waals surface area contributed by atoms with E-state index in [1.54, 1.807) is 11.4 Å². The number of hydrogen-bond acceptors (Lipinski definition) is 4. The van der Waals surface area contributed by atoms with E-state index < -0.39 is 15.6 Å². The highest BCUT2D eigenvalue weighted by Crippen LogP contribution is 2.27. The smallest absolute Gasteiger partial charge is 0.251 e. The molecule has 7 heteroatoms. The lowest BCUT2D eigenvalue weighted by atomic mass is 10.1. The molecule has 0 aliphatic rings. The van der Waals surface area contributed by atoms with Gasteiger partial charge in [0.25, 0.3) is 10.0 Å². The minimum atomic E-state index is -3.46. The highest BCUT2D eigenvalue weighted by atomic mass is 79.9. The molecule has 98 valence electrons. The van der Waals surface area contributed by atoms with Gasteiger partial charge in [0.1, 0.15) is 4.21 Å². The van der Waals surface area contributed by atoms with Gasteiger partial charge in [-0.2, -0.15) is 0 Å². The van der Waals surface area contributed by atoms with Gasteiger partial charge in [0.05, 0.1) is 5.60 Å². The zero-order chi connectivity index (χ0) is 13.1. The lowest BCUT2D eigenvalue weighted by molar-refractivity contribution is -0.00514. The van der Waals surface area contributed by atoms with Gasteiger partial charge < -0.3 is 4.74 Å². The van der Waals surface area contributed by atoms with E-state index in [2.05, 4.69) is 20.7 Å². The van der Waals surface area contributed by atoms with Crippen LogP contribution in [0.1, 0.15) is 20.8 Å². The molecule has 0 spiro atoms. The maximum Gasteiger partial charge on any atom is 0.251 e. The summed E-state index contributed by atoms with van der Waals surface area (Å²) in [5.41, 5.74) is -0.508. The van der Waals surface area contributed by atoms with E-state index in [0.717, 1.165) is 0 Å². The molecule has 17 heavy (non-hydrogen) atoms. The van der Waals surface area contributed by atoms with Crippen LogP contribution < -0.4 is 4.72 Å². The van der Waals surface area contributed by atoms with Gasteiger partial charge in [0.15, 0.2) is 0 Å². The SMILES string of the molecule is CCOC(C)(C)CNS(=O)(=O)c1sccc1Br. The van der Waals surface area contributed by atoms with Gasteiger partial charge in [-0.15, -0.1) is 11.3 Å². The van der Waals surface area contributed by atoms with E-state index in [4.69, 9.17) is 4.74 Å². The molecule has 1 aromatic rings. The van der Waals surface area contributed by atoms with Crippen molar-refractivity contribution in [1.82, 2.24) is 4.72 Å². The molecular formula is C10H16BrNO3S2. The largest absolute Gasteiger partial charge is 0.375 e. The Morgan fingerprint density at radius 1 is 1.53 bits per heavy atom. The standard InChI is InChI=1S/C10H16BrNO3S2/c1-4-15-10(2,3)7-12-17(13,14)9-8(11)5-6-16-9/h5-6,12H,4,7H2,1-3H3. The van der Waals surface area contributed by atoms with E-state index in [9.17, 15) is 8.42 Å². The van der Waals surface area contributed by atoms with Crippen LogP contribution in [-0.2, 0) is 14.8 Å². The molecule has 0 bridgehead atoms. The van der Waals surface area contributed by atoms with Gasteiger partial charge in [-0.3, -0.25) is 0 Å². The third-order valence-corrected chi connectivity index (χ3v) is 6.12. The summed E-state index contributed by atoms with van der Waals surface area (Å²) in [6.07, 6.45) is 0. The summed E-state index contributed by atoms with van der Waals surface area (Å²) in [7, 11) is -3.46. The van der Waals surface area contributed by atoms with Crippen molar-refractivity contribution in [2.45, 2.75) is 30.6 Å². The van der Waals surface area contributed by atoms with E-state index in [-0.39, 0.29) is 6.54 Å². The highest BCUT2D eigenvalue weighted by Gasteiger charge is 2.24. The molecule has 4 nitrogen and oxygen atoms in total. The first-order valence-corrected chi connectivity index (χ1v) is 8.31. The fourth-order valence-electron chi connectivity index (χ4n) is 1.25. The minimum absolute atomic E-state index is 0.244. The van der Waals surface area contributed by atoms with Gasteiger partial charge >= 0.3 is 0 Å². The molecule has 1 rings (SSSR count). The molecule has 0 saturated heterocycles. The summed E-state index contributed by atoms with van der Waals surface area (Å²) in [4.78, 5) is 0. The Morgan fingerprint density at radius 3 is 2.65 bits per heavy atom. The molecule has 0 aromatic carbocycles. The van der Waals surface area contributed by atoms with Crippen LogP contribution in [0.3, 0.4) is 0 Å². The Kier molecular flexibility index (Phi) is 5.15. The Hall–Kier alpha value is 0.0500. The average molecular weight is 342 g/mol. The number of hydrogen-bond donors (Lipinski definition) is 1. The maximum absolute atomic E-state index is 12.0. The highest BCUT2D eigenvalue weighted by molar-refractivity contribution is 9.10. The zero-order valence-electron chi connectivity index (χ0n) is 9.99. The second-order valence-corrected chi connectivity index (χ2v) is 7.81. The Labute approximate surface area is 115 Å². The minimum Gasteiger partial charge on any atom is -0.375 e. The number of thiophene rings is 1. The summed E-state index contributed by atoms with van der Waals surface area (Å²) < 4.78 is 32.8. The summed E-state index contributed by atoms with van der Waals surface area (Å²) in [5, 5.41) is 1.73. The van der Waals surface area contributed by atoms with Crippen LogP contribution in [-0.4, -0.2) is 27.2 Å². The van der Waals surface area contributed by atoms with Crippen molar-refractivity contribution < 1.29 is 13.2 Å². The first kappa shape index (κ1) is 15.1. The van der Waals surface area contributed by atoms with Crippen LogP contribution in [0.2, 0.25) is 0 Å². The second kappa shape index (κ2) is 5.79. The van der Waals surface area contributed by atoms with Crippen LogP contribution in [0.25, 0.3) is 0 Å². The number of nitrogens with one attached hydrogen (secondary N) is 1. The molecular weight excluding hydrogens is 326 g/mol. The third kappa shape index (κ3) is 4.33. The lowest BCUT2D eigenvalue weighted by Crippen LogP contribution is -2.40. The van der Waals surface area contributed by atoms with Crippen molar-refractivity contribution in [3.63, 3.8) is 0 Å². The Bertz CT molecular complexity index is 468. The molecule has 1 aromatic heterocycles. The quantitative estimate of drug-likeness (QED) is 0.865. The zero-order valence-corrected chi connectivity index (χ0v) is 13.2. The predicted octanol–water partition coefficient (Wildman–Crippen LogP) is 2.60. The fourth-order valence-corrected chi connectivity index (χ4v) is 4.83. The van der Waals surface area contributed by atoms with Crippen LogP contribution in [0.5, 0.6) is 0 Å². The molecule has 0 amide bonds. The number of sulfonamides is 1. The summed E-state index contributed by atoms with van der Waals surface area (Å²) in [6.45, 7) is 6.38. The number of ether oxygens (including phenoxy) is 1. The first-order valence-electron chi connectivity index (χ1n) is 5.15. The van der Waals surface area contributed by atoms with Crippen LogP contribution in [0, 0.1) is 0 Å².